The maximum Gasteiger partial charge on any atom is 0.494 e. The molecular formula is C31H28BNO2. The Morgan fingerprint density at radius 2 is 1.29 bits per heavy atom. The molecule has 1 fully saturated rings. The van der Waals surface area contributed by atoms with E-state index in [-0.39, 0.29) is 18.3 Å². The van der Waals surface area contributed by atoms with Gasteiger partial charge in [-0.3, -0.25) is 0 Å². The van der Waals surface area contributed by atoms with Crippen molar-refractivity contribution in [3.05, 3.63) is 97.1 Å². The van der Waals surface area contributed by atoms with E-state index in [4.69, 9.17) is 14.3 Å². The predicted molar refractivity (Wildman–Crippen MR) is 146 cm³/mol. The highest BCUT2D eigenvalue weighted by molar-refractivity contribution is 6.62. The molecule has 1 aromatic heterocycles. The third kappa shape index (κ3) is 3.74. The Hall–Kier alpha value is -3.47. The summed E-state index contributed by atoms with van der Waals surface area (Å²) in [6.07, 6.45) is 0. The zero-order chi connectivity index (χ0) is 24.2. The van der Waals surface area contributed by atoms with Gasteiger partial charge >= 0.3 is 7.12 Å². The SMILES string of the molecule is CC1(C)OB(c2ccc(-c3cc(-c4ccccc4)nc4c3ccc3ccccc34)cc2)OC1(C)C. The third-order valence-electron chi connectivity index (χ3n) is 7.52. The van der Waals surface area contributed by atoms with Crippen molar-refractivity contribution < 1.29 is 9.31 Å². The minimum Gasteiger partial charge on any atom is -0.399 e. The average molecular weight is 457 g/mol. The quantitative estimate of drug-likeness (QED) is 0.216. The van der Waals surface area contributed by atoms with Gasteiger partial charge in [-0.15, -0.1) is 0 Å². The predicted octanol–water partition coefficient (Wildman–Crippen LogP) is 7.02. The fourth-order valence-corrected chi connectivity index (χ4v) is 4.75. The lowest BCUT2D eigenvalue weighted by molar-refractivity contribution is 0.00578. The van der Waals surface area contributed by atoms with Gasteiger partial charge in [0.05, 0.1) is 22.4 Å². The van der Waals surface area contributed by atoms with Crippen molar-refractivity contribution in [1.82, 2.24) is 4.98 Å². The van der Waals surface area contributed by atoms with Gasteiger partial charge in [0.25, 0.3) is 0 Å². The van der Waals surface area contributed by atoms with Gasteiger partial charge in [0.1, 0.15) is 0 Å². The lowest BCUT2D eigenvalue weighted by Crippen LogP contribution is -2.41. The van der Waals surface area contributed by atoms with Crippen molar-refractivity contribution >= 4 is 34.3 Å². The molecule has 35 heavy (non-hydrogen) atoms. The van der Waals surface area contributed by atoms with Crippen molar-refractivity contribution in [2.75, 3.05) is 0 Å². The summed E-state index contributed by atoms with van der Waals surface area (Å²) < 4.78 is 12.5. The van der Waals surface area contributed by atoms with Crippen LogP contribution in [0.4, 0.5) is 0 Å². The minimum atomic E-state index is -0.368. The van der Waals surface area contributed by atoms with Crippen molar-refractivity contribution in [3.8, 4) is 22.4 Å². The van der Waals surface area contributed by atoms with Crippen molar-refractivity contribution in [2.24, 2.45) is 0 Å². The number of pyridine rings is 1. The van der Waals surface area contributed by atoms with Crippen LogP contribution in [-0.4, -0.2) is 23.3 Å². The Balaban J connectivity index is 1.49. The molecule has 0 aliphatic carbocycles. The highest BCUT2D eigenvalue weighted by Gasteiger charge is 2.51. The van der Waals surface area contributed by atoms with Gasteiger partial charge in [-0.25, -0.2) is 4.98 Å². The number of nitrogens with zero attached hydrogens (tertiary/aromatic N) is 1. The molecular weight excluding hydrogens is 429 g/mol. The van der Waals surface area contributed by atoms with Gasteiger partial charge in [0.2, 0.25) is 0 Å². The highest BCUT2D eigenvalue weighted by atomic mass is 16.7. The lowest BCUT2D eigenvalue weighted by Gasteiger charge is -2.32. The van der Waals surface area contributed by atoms with Gasteiger partial charge in [-0.2, -0.15) is 0 Å². The number of rotatable bonds is 3. The second-order valence-electron chi connectivity index (χ2n) is 10.3. The average Bonchev–Trinajstić information content (AvgIpc) is 3.10. The van der Waals surface area contributed by atoms with E-state index in [9.17, 15) is 0 Å². The Kier molecular flexibility index (Phi) is 5.06. The van der Waals surface area contributed by atoms with Crippen molar-refractivity contribution in [1.29, 1.82) is 0 Å². The van der Waals surface area contributed by atoms with Crippen LogP contribution in [0.2, 0.25) is 0 Å². The van der Waals surface area contributed by atoms with Crippen LogP contribution in [0.5, 0.6) is 0 Å². The molecule has 0 N–H and O–H groups in total. The molecule has 0 bridgehead atoms. The number of fused-ring (bicyclic) bond motifs is 3. The molecule has 0 spiro atoms. The van der Waals surface area contributed by atoms with Gasteiger partial charge in [0.15, 0.2) is 0 Å². The van der Waals surface area contributed by atoms with E-state index in [2.05, 4.69) is 119 Å². The molecule has 1 aliphatic heterocycles. The maximum atomic E-state index is 6.26. The Morgan fingerprint density at radius 3 is 2.00 bits per heavy atom. The molecule has 0 amide bonds. The molecule has 0 radical (unpaired) electrons. The fourth-order valence-electron chi connectivity index (χ4n) is 4.75. The molecule has 2 heterocycles. The minimum absolute atomic E-state index is 0.358. The fraction of sp³-hybridized carbons (Fsp3) is 0.194. The van der Waals surface area contributed by atoms with Gasteiger partial charge in [-0.1, -0.05) is 91.0 Å². The number of aromatic nitrogens is 1. The topological polar surface area (TPSA) is 31.4 Å². The summed E-state index contributed by atoms with van der Waals surface area (Å²) in [5.74, 6) is 0. The molecule has 0 atom stereocenters. The normalized spacial score (nSPS) is 16.7. The first-order valence-electron chi connectivity index (χ1n) is 12.2. The Morgan fingerprint density at radius 1 is 0.629 bits per heavy atom. The van der Waals surface area contributed by atoms with Crippen LogP contribution in [0.25, 0.3) is 44.1 Å². The molecule has 0 saturated carbocycles. The highest BCUT2D eigenvalue weighted by Crippen LogP contribution is 2.38. The van der Waals surface area contributed by atoms with Crippen LogP contribution < -0.4 is 5.46 Å². The maximum absolute atomic E-state index is 6.26. The van der Waals surface area contributed by atoms with Crippen LogP contribution in [0.1, 0.15) is 27.7 Å². The summed E-state index contributed by atoms with van der Waals surface area (Å²) in [6.45, 7) is 8.33. The van der Waals surface area contributed by atoms with Crippen LogP contribution in [0.15, 0.2) is 97.1 Å². The van der Waals surface area contributed by atoms with E-state index >= 15 is 0 Å². The first-order chi connectivity index (χ1) is 16.8. The van der Waals surface area contributed by atoms with E-state index in [0.717, 1.165) is 38.6 Å². The summed E-state index contributed by atoms with van der Waals surface area (Å²) in [5, 5.41) is 3.50. The smallest absolute Gasteiger partial charge is 0.399 e. The van der Waals surface area contributed by atoms with Crippen LogP contribution in [-0.2, 0) is 9.31 Å². The van der Waals surface area contributed by atoms with E-state index in [1.807, 2.05) is 6.07 Å². The zero-order valence-corrected chi connectivity index (χ0v) is 20.6. The van der Waals surface area contributed by atoms with Gasteiger partial charge in [0, 0.05) is 16.3 Å². The van der Waals surface area contributed by atoms with Gasteiger partial charge < -0.3 is 9.31 Å². The Bertz CT molecular complexity index is 1530. The van der Waals surface area contributed by atoms with E-state index < -0.39 is 0 Å². The molecule has 1 saturated heterocycles. The van der Waals surface area contributed by atoms with Crippen LogP contribution >= 0.6 is 0 Å². The molecule has 3 nitrogen and oxygen atoms in total. The summed E-state index contributed by atoms with van der Waals surface area (Å²) in [4.78, 5) is 5.13. The molecule has 4 aromatic carbocycles. The second kappa shape index (κ2) is 8.05. The van der Waals surface area contributed by atoms with Crippen molar-refractivity contribution in [2.45, 2.75) is 38.9 Å². The lowest BCUT2D eigenvalue weighted by atomic mass is 9.78. The number of benzene rings is 4. The summed E-state index contributed by atoms with van der Waals surface area (Å²) in [6, 6.07) is 34.0. The molecule has 1 aliphatic rings. The molecule has 6 rings (SSSR count). The second-order valence-corrected chi connectivity index (χ2v) is 10.3. The number of hydrogen-bond acceptors (Lipinski definition) is 3. The van der Waals surface area contributed by atoms with Crippen LogP contribution in [0.3, 0.4) is 0 Å². The molecule has 172 valence electrons. The van der Waals surface area contributed by atoms with Crippen LogP contribution in [0, 0.1) is 0 Å². The summed E-state index contributed by atoms with van der Waals surface area (Å²) in [5.41, 5.74) is 5.73. The van der Waals surface area contributed by atoms with Crippen molar-refractivity contribution in [3.63, 3.8) is 0 Å². The summed E-state index contributed by atoms with van der Waals surface area (Å²) in [7, 11) is -0.368. The molecule has 0 unspecified atom stereocenters. The first kappa shape index (κ1) is 22.0. The van der Waals surface area contributed by atoms with Gasteiger partial charge in [-0.05, 0) is 55.7 Å². The van der Waals surface area contributed by atoms with E-state index in [1.54, 1.807) is 0 Å². The standard InChI is InChI=1S/C31H28BNO2/c1-30(2)31(3,4)35-32(34-30)24-17-14-22(15-18-24)27-20-28(23-11-6-5-7-12-23)33-29-25-13-9-8-10-21(25)16-19-26(27)29/h5-20H,1-4H3. The number of hydrogen-bond donors (Lipinski definition) is 0. The zero-order valence-electron chi connectivity index (χ0n) is 20.6. The largest absolute Gasteiger partial charge is 0.494 e. The first-order valence-corrected chi connectivity index (χ1v) is 12.2. The monoisotopic (exact) mass is 457 g/mol. The molecule has 4 heteroatoms. The van der Waals surface area contributed by atoms with E-state index in [0.29, 0.717) is 0 Å². The summed E-state index contributed by atoms with van der Waals surface area (Å²) >= 11 is 0. The van der Waals surface area contributed by atoms with E-state index in [1.165, 1.54) is 10.9 Å². The third-order valence-corrected chi connectivity index (χ3v) is 7.52. The molecule has 5 aromatic rings. The Labute approximate surface area is 206 Å².